The summed E-state index contributed by atoms with van der Waals surface area (Å²) in [5.74, 6) is 0.403. The van der Waals surface area contributed by atoms with Crippen LogP contribution in [0, 0.1) is 0 Å². The molecular formula is C13H16N4O2. The van der Waals surface area contributed by atoms with Crippen LogP contribution in [0.1, 0.15) is 17.4 Å². The fourth-order valence-electron chi connectivity index (χ4n) is 1.96. The predicted octanol–water partition coefficient (Wildman–Crippen LogP) is 0.999. The number of hydrogen-bond donors (Lipinski definition) is 1. The van der Waals surface area contributed by atoms with E-state index in [4.69, 9.17) is 4.74 Å². The van der Waals surface area contributed by atoms with Crippen LogP contribution < -0.4 is 0 Å². The van der Waals surface area contributed by atoms with Crippen LogP contribution in [-0.4, -0.2) is 46.8 Å². The van der Waals surface area contributed by atoms with Gasteiger partial charge in [-0.3, -0.25) is 14.8 Å². The molecule has 2 aromatic rings. The summed E-state index contributed by atoms with van der Waals surface area (Å²) in [5, 5.41) is 6.72. The largest absolute Gasteiger partial charge is 0.468 e. The number of methoxy groups -OCH3 is 1. The standard InChI is InChI=1S/C13H16N4O2/c1-17(8-11(18)19-2)12(13-14-9-15-16-13)10-6-4-3-5-7-10/h3-7,9,12H,8H2,1-2H3,(H,14,15,16)/t12-/m0/s1. The summed E-state index contributed by atoms with van der Waals surface area (Å²) in [6, 6.07) is 9.65. The van der Waals surface area contributed by atoms with E-state index in [1.54, 1.807) is 0 Å². The Hall–Kier alpha value is -2.21. The molecule has 6 nitrogen and oxygen atoms in total. The van der Waals surface area contributed by atoms with Gasteiger partial charge in [0.05, 0.1) is 19.7 Å². The molecule has 0 aliphatic rings. The van der Waals surface area contributed by atoms with Gasteiger partial charge in [0.1, 0.15) is 12.2 Å². The zero-order valence-corrected chi connectivity index (χ0v) is 10.9. The Morgan fingerprint density at radius 3 is 2.74 bits per heavy atom. The van der Waals surface area contributed by atoms with E-state index in [0.29, 0.717) is 5.82 Å². The van der Waals surface area contributed by atoms with Crippen LogP contribution >= 0.6 is 0 Å². The number of carbonyl (C=O) groups is 1. The Balaban J connectivity index is 2.28. The Morgan fingerprint density at radius 2 is 2.16 bits per heavy atom. The molecule has 1 aromatic heterocycles. The van der Waals surface area contributed by atoms with E-state index in [0.717, 1.165) is 5.56 Å². The highest BCUT2D eigenvalue weighted by molar-refractivity contribution is 5.71. The quantitative estimate of drug-likeness (QED) is 0.812. The van der Waals surface area contributed by atoms with Crippen LogP contribution in [0.5, 0.6) is 0 Å². The summed E-state index contributed by atoms with van der Waals surface area (Å²) in [6.45, 7) is 0.177. The summed E-state index contributed by atoms with van der Waals surface area (Å²) in [5.41, 5.74) is 1.03. The number of hydrogen-bond acceptors (Lipinski definition) is 5. The molecule has 0 spiro atoms. The Kier molecular flexibility index (Phi) is 4.25. The lowest BCUT2D eigenvalue weighted by Gasteiger charge is -2.25. The maximum atomic E-state index is 11.4. The summed E-state index contributed by atoms with van der Waals surface area (Å²) >= 11 is 0. The number of carbonyl (C=O) groups excluding carboxylic acids is 1. The Morgan fingerprint density at radius 1 is 1.42 bits per heavy atom. The third-order valence-corrected chi connectivity index (χ3v) is 2.85. The molecule has 0 amide bonds. The maximum absolute atomic E-state index is 11.4. The van der Waals surface area contributed by atoms with Gasteiger partial charge in [0, 0.05) is 0 Å². The van der Waals surface area contributed by atoms with Gasteiger partial charge in [-0.2, -0.15) is 5.10 Å². The predicted molar refractivity (Wildman–Crippen MR) is 69.3 cm³/mol. The second-order valence-electron chi connectivity index (χ2n) is 4.18. The molecule has 0 saturated carbocycles. The molecular weight excluding hydrogens is 244 g/mol. The lowest BCUT2D eigenvalue weighted by Crippen LogP contribution is -2.32. The lowest BCUT2D eigenvalue weighted by atomic mass is 10.1. The van der Waals surface area contributed by atoms with Crippen molar-refractivity contribution < 1.29 is 9.53 Å². The molecule has 1 N–H and O–H groups in total. The van der Waals surface area contributed by atoms with E-state index in [-0.39, 0.29) is 18.6 Å². The molecule has 0 aliphatic carbocycles. The highest BCUT2D eigenvalue weighted by Gasteiger charge is 2.23. The lowest BCUT2D eigenvalue weighted by molar-refractivity contribution is -0.142. The molecule has 1 heterocycles. The number of benzene rings is 1. The normalized spacial score (nSPS) is 12.4. The zero-order chi connectivity index (χ0) is 13.7. The molecule has 0 bridgehead atoms. The van der Waals surface area contributed by atoms with Gasteiger partial charge in [0.15, 0.2) is 0 Å². The number of likely N-dealkylation sites (N-methyl/N-ethyl adjacent to an activating group) is 1. The van der Waals surface area contributed by atoms with Crippen molar-refractivity contribution in [3.05, 3.63) is 48.0 Å². The number of aromatic amines is 1. The molecule has 2 rings (SSSR count). The number of rotatable bonds is 5. The zero-order valence-electron chi connectivity index (χ0n) is 10.9. The molecule has 0 unspecified atom stereocenters. The minimum Gasteiger partial charge on any atom is -0.468 e. The van der Waals surface area contributed by atoms with Crippen LogP contribution in [0.15, 0.2) is 36.7 Å². The van der Waals surface area contributed by atoms with Gasteiger partial charge in [-0.25, -0.2) is 4.98 Å². The van der Waals surface area contributed by atoms with Crippen LogP contribution in [0.25, 0.3) is 0 Å². The van der Waals surface area contributed by atoms with Crippen molar-refractivity contribution in [2.24, 2.45) is 0 Å². The minimum atomic E-state index is -0.289. The average molecular weight is 260 g/mol. The second-order valence-corrected chi connectivity index (χ2v) is 4.18. The third kappa shape index (κ3) is 3.17. The van der Waals surface area contributed by atoms with Gasteiger partial charge in [-0.05, 0) is 12.6 Å². The first kappa shape index (κ1) is 13.2. The van der Waals surface area contributed by atoms with E-state index < -0.39 is 0 Å². The highest BCUT2D eigenvalue weighted by atomic mass is 16.5. The number of esters is 1. The van der Waals surface area contributed by atoms with E-state index in [2.05, 4.69) is 15.2 Å². The third-order valence-electron chi connectivity index (χ3n) is 2.85. The van der Waals surface area contributed by atoms with Crippen LogP contribution in [-0.2, 0) is 9.53 Å². The van der Waals surface area contributed by atoms with Gasteiger partial charge in [0.2, 0.25) is 0 Å². The van der Waals surface area contributed by atoms with Crippen molar-refractivity contribution in [1.82, 2.24) is 20.1 Å². The highest BCUT2D eigenvalue weighted by Crippen LogP contribution is 2.24. The fourth-order valence-corrected chi connectivity index (χ4v) is 1.96. The molecule has 6 heteroatoms. The van der Waals surface area contributed by atoms with E-state index in [1.807, 2.05) is 42.3 Å². The Bertz CT molecular complexity index is 513. The molecule has 19 heavy (non-hydrogen) atoms. The molecule has 0 saturated heterocycles. The van der Waals surface area contributed by atoms with E-state index in [1.165, 1.54) is 13.4 Å². The topological polar surface area (TPSA) is 71.1 Å². The van der Waals surface area contributed by atoms with Crippen molar-refractivity contribution in [2.45, 2.75) is 6.04 Å². The molecule has 0 fully saturated rings. The van der Waals surface area contributed by atoms with Gasteiger partial charge in [-0.15, -0.1) is 0 Å². The molecule has 1 atom stereocenters. The number of aromatic nitrogens is 3. The first-order chi connectivity index (χ1) is 9.22. The number of ether oxygens (including phenoxy) is 1. The molecule has 0 aliphatic heterocycles. The van der Waals surface area contributed by atoms with Crippen LogP contribution in [0.3, 0.4) is 0 Å². The summed E-state index contributed by atoms with van der Waals surface area (Å²) < 4.78 is 4.70. The first-order valence-electron chi connectivity index (χ1n) is 5.89. The van der Waals surface area contributed by atoms with Crippen molar-refractivity contribution >= 4 is 5.97 Å². The molecule has 0 radical (unpaired) electrons. The SMILES string of the molecule is COC(=O)CN(C)[C@@H](c1ccccc1)c1ncn[nH]1. The molecule has 1 aromatic carbocycles. The minimum absolute atomic E-state index is 0.164. The number of H-pyrrole nitrogens is 1. The van der Waals surface area contributed by atoms with E-state index >= 15 is 0 Å². The number of nitrogens with one attached hydrogen (secondary N) is 1. The second kappa shape index (κ2) is 6.10. The monoisotopic (exact) mass is 260 g/mol. The van der Waals surface area contributed by atoms with Crippen LogP contribution in [0.2, 0.25) is 0 Å². The fraction of sp³-hybridized carbons (Fsp3) is 0.308. The average Bonchev–Trinajstić information content (AvgIpc) is 2.94. The van der Waals surface area contributed by atoms with Crippen molar-refractivity contribution in [1.29, 1.82) is 0 Å². The van der Waals surface area contributed by atoms with Gasteiger partial charge in [-0.1, -0.05) is 30.3 Å². The van der Waals surface area contributed by atoms with Crippen molar-refractivity contribution in [2.75, 3.05) is 20.7 Å². The van der Waals surface area contributed by atoms with Gasteiger partial charge in [0.25, 0.3) is 0 Å². The van der Waals surface area contributed by atoms with E-state index in [9.17, 15) is 4.79 Å². The molecule has 100 valence electrons. The smallest absolute Gasteiger partial charge is 0.319 e. The number of nitrogens with zero attached hydrogens (tertiary/aromatic N) is 3. The maximum Gasteiger partial charge on any atom is 0.319 e. The first-order valence-corrected chi connectivity index (χ1v) is 5.89. The van der Waals surface area contributed by atoms with Crippen molar-refractivity contribution in [3.63, 3.8) is 0 Å². The van der Waals surface area contributed by atoms with Gasteiger partial charge < -0.3 is 4.74 Å². The summed E-state index contributed by atoms with van der Waals surface area (Å²) in [7, 11) is 3.22. The van der Waals surface area contributed by atoms with Gasteiger partial charge >= 0.3 is 5.97 Å². The van der Waals surface area contributed by atoms with Crippen LogP contribution in [0.4, 0.5) is 0 Å². The Labute approximate surface area is 111 Å². The van der Waals surface area contributed by atoms with Crippen molar-refractivity contribution in [3.8, 4) is 0 Å². The summed E-state index contributed by atoms with van der Waals surface area (Å²) in [4.78, 5) is 17.5. The summed E-state index contributed by atoms with van der Waals surface area (Å²) in [6.07, 6.45) is 1.46.